The minimum absolute atomic E-state index is 0.174. The number of halogens is 1. The summed E-state index contributed by atoms with van der Waals surface area (Å²) in [5.74, 6) is 1.90. The summed E-state index contributed by atoms with van der Waals surface area (Å²) in [6.07, 6.45) is 1.71. The van der Waals surface area contributed by atoms with E-state index in [2.05, 4.69) is 48.0 Å². The highest BCUT2D eigenvalue weighted by Crippen LogP contribution is 2.40. The van der Waals surface area contributed by atoms with Crippen molar-refractivity contribution in [2.45, 2.75) is 47.1 Å². The third-order valence-electron chi connectivity index (χ3n) is 6.33. The van der Waals surface area contributed by atoms with E-state index in [1.54, 1.807) is 6.08 Å². The fourth-order valence-corrected chi connectivity index (χ4v) is 5.81. The van der Waals surface area contributed by atoms with Crippen LogP contribution in [0.3, 0.4) is 0 Å². The Labute approximate surface area is 248 Å². The topological polar surface area (TPSA) is 65.1 Å². The summed E-state index contributed by atoms with van der Waals surface area (Å²) in [6.45, 7) is 11.4. The summed E-state index contributed by atoms with van der Waals surface area (Å²) in [7, 11) is 0. The van der Waals surface area contributed by atoms with Crippen molar-refractivity contribution in [1.82, 2.24) is 4.90 Å². The fourth-order valence-electron chi connectivity index (χ4n) is 4.37. The lowest BCUT2D eigenvalue weighted by molar-refractivity contribution is -0.123. The molecule has 1 aliphatic heterocycles. The van der Waals surface area contributed by atoms with Gasteiger partial charge in [0, 0.05) is 0 Å². The molecule has 3 aromatic carbocycles. The number of hydrogen-bond donors (Lipinski definition) is 0. The monoisotopic (exact) mass is 623 g/mol. The first kappa shape index (κ1) is 29.7. The zero-order chi connectivity index (χ0) is 28.8. The SMILES string of the molecule is CCOc1cc(/C=C2\SC(=O)N(CCOc3cc(C)ccc3C(C)C)C2=O)cc(Br)c1OCc1cccc(C)c1. The van der Waals surface area contributed by atoms with Gasteiger partial charge in [0.25, 0.3) is 11.1 Å². The van der Waals surface area contributed by atoms with Crippen molar-refractivity contribution in [3.05, 3.63) is 91.8 Å². The smallest absolute Gasteiger partial charge is 0.293 e. The van der Waals surface area contributed by atoms with E-state index in [1.807, 2.05) is 57.2 Å². The predicted octanol–water partition coefficient (Wildman–Crippen LogP) is 8.28. The number of thioether (sulfide) groups is 1. The summed E-state index contributed by atoms with van der Waals surface area (Å²) < 4.78 is 18.7. The maximum absolute atomic E-state index is 13.1. The van der Waals surface area contributed by atoms with E-state index in [0.29, 0.717) is 40.0 Å². The van der Waals surface area contributed by atoms with Gasteiger partial charge < -0.3 is 14.2 Å². The lowest BCUT2D eigenvalue weighted by Gasteiger charge is -2.17. The molecule has 3 aromatic rings. The zero-order valence-electron chi connectivity index (χ0n) is 23.5. The molecule has 0 radical (unpaired) electrons. The van der Waals surface area contributed by atoms with Crippen molar-refractivity contribution in [2.75, 3.05) is 19.8 Å². The van der Waals surface area contributed by atoms with Crippen LogP contribution in [-0.2, 0) is 11.4 Å². The van der Waals surface area contributed by atoms with Gasteiger partial charge in [-0.15, -0.1) is 0 Å². The average Bonchev–Trinajstić information content (AvgIpc) is 3.15. The van der Waals surface area contributed by atoms with Gasteiger partial charge in [-0.2, -0.15) is 0 Å². The van der Waals surface area contributed by atoms with E-state index in [1.165, 1.54) is 4.90 Å². The van der Waals surface area contributed by atoms with Gasteiger partial charge >= 0.3 is 0 Å². The largest absolute Gasteiger partial charge is 0.491 e. The Morgan fingerprint density at radius 2 is 1.73 bits per heavy atom. The molecule has 0 bridgehead atoms. The molecule has 2 amide bonds. The second-order valence-corrected chi connectivity index (χ2v) is 11.8. The van der Waals surface area contributed by atoms with Gasteiger partial charge in [-0.1, -0.05) is 55.8 Å². The molecule has 8 heteroatoms. The second-order valence-electron chi connectivity index (χ2n) is 9.92. The Hall–Kier alpha value is -3.23. The number of amides is 2. The zero-order valence-corrected chi connectivity index (χ0v) is 25.9. The Bertz CT molecular complexity index is 1430. The van der Waals surface area contributed by atoms with Crippen molar-refractivity contribution in [3.63, 3.8) is 0 Å². The molecule has 0 atom stereocenters. The number of rotatable bonds is 11. The van der Waals surface area contributed by atoms with Crippen LogP contribution < -0.4 is 14.2 Å². The number of carbonyl (C=O) groups is 2. The van der Waals surface area contributed by atoms with Crippen molar-refractivity contribution >= 4 is 44.9 Å². The van der Waals surface area contributed by atoms with Crippen LogP contribution >= 0.6 is 27.7 Å². The standard InChI is InChI=1S/C32H34BrNO5S/c1-6-37-28-17-24(16-26(33)30(28)39-19-23-9-7-8-21(4)14-23)18-29-31(35)34(32(36)40-29)12-13-38-27-15-22(5)10-11-25(27)20(2)3/h7-11,14-18,20H,6,12-13,19H2,1-5H3/b29-18-. The molecule has 40 heavy (non-hydrogen) atoms. The molecule has 1 fully saturated rings. The maximum atomic E-state index is 13.1. The Morgan fingerprint density at radius 3 is 2.45 bits per heavy atom. The molecule has 0 unspecified atom stereocenters. The fraction of sp³-hybridized carbons (Fsp3) is 0.312. The first-order valence-corrected chi connectivity index (χ1v) is 14.9. The molecule has 0 N–H and O–H groups in total. The number of nitrogens with zero attached hydrogens (tertiary/aromatic N) is 1. The van der Waals surface area contributed by atoms with E-state index in [-0.39, 0.29) is 24.3 Å². The summed E-state index contributed by atoms with van der Waals surface area (Å²) >= 11 is 4.53. The van der Waals surface area contributed by atoms with Crippen LogP contribution in [0.2, 0.25) is 0 Å². The quantitative estimate of drug-likeness (QED) is 0.200. The number of benzene rings is 3. The molecule has 4 rings (SSSR count). The van der Waals surface area contributed by atoms with Crippen LogP contribution in [0.25, 0.3) is 6.08 Å². The lowest BCUT2D eigenvalue weighted by Crippen LogP contribution is -2.32. The first-order chi connectivity index (χ1) is 19.2. The van der Waals surface area contributed by atoms with Crippen LogP contribution in [-0.4, -0.2) is 35.8 Å². The van der Waals surface area contributed by atoms with E-state index in [9.17, 15) is 9.59 Å². The number of hydrogen-bond acceptors (Lipinski definition) is 6. The van der Waals surface area contributed by atoms with Crippen LogP contribution in [0.1, 0.15) is 54.5 Å². The van der Waals surface area contributed by atoms with Crippen molar-refractivity contribution in [1.29, 1.82) is 0 Å². The van der Waals surface area contributed by atoms with Crippen LogP contribution in [0, 0.1) is 13.8 Å². The van der Waals surface area contributed by atoms with Gasteiger partial charge in [-0.05, 0) is 101 Å². The number of ether oxygens (including phenoxy) is 3. The predicted molar refractivity (Wildman–Crippen MR) is 164 cm³/mol. The van der Waals surface area contributed by atoms with Crippen molar-refractivity contribution in [2.24, 2.45) is 0 Å². The van der Waals surface area contributed by atoms with Crippen LogP contribution in [0.5, 0.6) is 17.2 Å². The third-order valence-corrected chi connectivity index (χ3v) is 7.83. The van der Waals surface area contributed by atoms with Gasteiger partial charge in [0.2, 0.25) is 0 Å². The molecule has 6 nitrogen and oxygen atoms in total. The molecule has 1 saturated heterocycles. The number of imide groups is 1. The minimum Gasteiger partial charge on any atom is -0.491 e. The van der Waals surface area contributed by atoms with E-state index in [0.717, 1.165) is 45.3 Å². The van der Waals surface area contributed by atoms with E-state index < -0.39 is 0 Å². The molecule has 0 saturated carbocycles. The van der Waals surface area contributed by atoms with Gasteiger partial charge in [0.15, 0.2) is 11.5 Å². The highest BCUT2D eigenvalue weighted by atomic mass is 79.9. The highest BCUT2D eigenvalue weighted by molar-refractivity contribution is 9.10. The highest BCUT2D eigenvalue weighted by Gasteiger charge is 2.35. The van der Waals surface area contributed by atoms with Gasteiger partial charge in [-0.25, -0.2) is 0 Å². The Kier molecular flexibility index (Phi) is 9.98. The van der Waals surface area contributed by atoms with Crippen LogP contribution in [0.15, 0.2) is 64.0 Å². The lowest BCUT2D eigenvalue weighted by atomic mass is 10.0. The molecule has 0 aromatic heterocycles. The Morgan fingerprint density at radius 1 is 0.950 bits per heavy atom. The van der Waals surface area contributed by atoms with E-state index >= 15 is 0 Å². The minimum atomic E-state index is -0.333. The molecule has 0 aliphatic carbocycles. The summed E-state index contributed by atoms with van der Waals surface area (Å²) in [5, 5.41) is -0.310. The van der Waals surface area contributed by atoms with Gasteiger partial charge in [0.1, 0.15) is 19.0 Å². The molecule has 1 heterocycles. The van der Waals surface area contributed by atoms with Gasteiger partial charge in [-0.3, -0.25) is 14.5 Å². The first-order valence-electron chi connectivity index (χ1n) is 13.3. The Balaban J connectivity index is 1.46. The molecular formula is C32H34BrNO5S. The maximum Gasteiger partial charge on any atom is 0.293 e. The second kappa shape index (κ2) is 13.4. The van der Waals surface area contributed by atoms with Crippen molar-refractivity contribution < 1.29 is 23.8 Å². The van der Waals surface area contributed by atoms with Crippen LogP contribution in [0.4, 0.5) is 4.79 Å². The molecule has 0 spiro atoms. The molecule has 1 aliphatic rings. The number of carbonyl (C=O) groups excluding carboxylic acids is 2. The van der Waals surface area contributed by atoms with E-state index in [4.69, 9.17) is 14.2 Å². The normalized spacial score (nSPS) is 14.4. The van der Waals surface area contributed by atoms with Crippen molar-refractivity contribution in [3.8, 4) is 17.2 Å². The summed E-state index contributed by atoms with van der Waals surface area (Å²) in [4.78, 5) is 27.4. The summed E-state index contributed by atoms with van der Waals surface area (Å²) in [5.41, 5.74) is 5.14. The molecular weight excluding hydrogens is 590 g/mol. The number of aryl methyl sites for hydroxylation is 2. The van der Waals surface area contributed by atoms with Gasteiger partial charge in [0.05, 0.1) is 22.5 Å². The average molecular weight is 625 g/mol. The molecule has 210 valence electrons. The summed E-state index contributed by atoms with van der Waals surface area (Å²) in [6, 6.07) is 17.9. The third kappa shape index (κ3) is 7.29.